The van der Waals surface area contributed by atoms with Gasteiger partial charge in [-0.3, -0.25) is 9.59 Å². The molecule has 1 N–H and O–H groups in total. The van der Waals surface area contributed by atoms with Gasteiger partial charge in [-0.05, 0) is 69.4 Å². The summed E-state index contributed by atoms with van der Waals surface area (Å²) in [5.41, 5.74) is 0.867. The molecule has 0 aromatic carbocycles. The van der Waals surface area contributed by atoms with Crippen LogP contribution < -0.4 is 0 Å². The summed E-state index contributed by atoms with van der Waals surface area (Å²) in [5, 5.41) is 9.50. The van der Waals surface area contributed by atoms with Crippen LogP contribution in [-0.4, -0.2) is 48.6 Å². The Bertz CT molecular complexity index is 545. The van der Waals surface area contributed by atoms with Crippen LogP contribution in [0, 0.1) is 5.92 Å². The fourth-order valence-electron chi connectivity index (χ4n) is 4.42. The van der Waals surface area contributed by atoms with E-state index in [-0.39, 0.29) is 24.3 Å². The minimum atomic E-state index is -0.745. The van der Waals surface area contributed by atoms with Gasteiger partial charge in [-0.15, -0.1) is 0 Å². The van der Waals surface area contributed by atoms with E-state index in [1.54, 1.807) is 0 Å². The summed E-state index contributed by atoms with van der Waals surface area (Å²) < 4.78 is 17.2. The van der Waals surface area contributed by atoms with Crippen LogP contribution in [0.1, 0.15) is 77.0 Å². The highest BCUT2D eigenvalue weighted by Crippen LogP contribution is 2.28. The van der Waals surface area contributed by atoms with Gasteiger partial charge in [0.05, 0.1) is 18.1 Å². The number of rotatable bonds is 10. The molecule has 28 heavy (non-hydrogen) atoms. The maximum atomic E-state index is 12.2. The number of ketones is 1. The Morgan fingerprint density at radius 2 is 1.89 bits per heavy atom. The Morgan fingerprint density at radius 1 is 1.11 bits per heavy atom. The standard InChI is InChI=1S/C22H34O6/c23-19-15-17(28-21-11-5-7-13-27-21)14-16(19)8-2-1-3-9-18(22(24)25)20-10-4-6-12-26-20/h14,17-18,20-21H,1-13,15H2,(H,24,25). The number of carboxylic acid groups (broad SMARTS) is 1. The first-order valence-electron chi connectivity index (χ1n) is 11.0. The van der Waals surface area contributed by atoms with Crippen LogP contribution in [0.25, 0.3) is 0 Å². The molecule has 0 saturated carbocycles. The fraction of sp³-hybridized carbons (Fsp3) is 0.818. The molecule has 0 radical (unpaired) electrons. The summed E-state index contributed by atoms with van der Waals surface area (Å²) in [6.07, 6.45) is 12.1. The average molecular weight is 395 g/mol. The molecule has 3 rings (SSSR count). The number of Topliss-reactive ketones (excluding diaryl/α,β-unsaturated/α-hetero) is 1. The molecule has 0 aromatic heterocycles. The highest BCUT2D eigenvalue weighted by Gasteiger charge is 2.30. The van der Waals surface area contributed by atoms with E-state index in [0.717, 1.165) is 76.4 Å². The van der Waals surface area contributed by atoms with Crippen molar-refractivity contribution in [3.05, 3.63) is 11.6 Å². The van der Waals surface area contributed by atoms with Crippen molar-refractivity contribution < 1.29 is 28.9 Å². The van der Waals surface area contributed by atoms with Crippen LogP contribution in [0.4, 0.5) is 0 Å². The van der Waals surface area contributed by atoms with Crippen LogP contribution >= 0.6 is 0 Å². The number of carbonyl (C=O) groups is 2. The number of allylic oxidation sites excluding steroid dienone is 1. The summed E-state index contributed by atoms with van der Waals surface area (Å²) in [7, 11) is 0. The van der Waals surface area contributed by atoms with Crippen molar-refractivity contribution in [3.63, 3.8) is 0 Å². The van der Waals surface area contributed by atoms with Gasteiger partial charge < -0.3 is 19.3 Å². The normalized spacial score (nSPS) is 29.5. The molecule has 0 spiro atoms. The first kappa shape index (κ1) is 21.5. The molecule has 3 aliphatic rings. The van der Waals surface area contributed by atoms with Crippen LogP contribution in [0.15, 0.2) is 11.6 Å². The zero-order chi connectivity index (χ0) is 19.8. The molecular weight excluding hydrogens is 360 g/mol. The number of ether oxygens (including phenoxy) is 3. The molecule has 6 nitrogen and oxygen atoms in total. The van der Waals surface area contributed by atoms with Gasteiger partial charge >= 0.3 is 5.97 Å². The van der Waals surface area contributed by atoms with E-state index in [0.29, 0.717) is 19.4 Å². The van der Waals surface area contributed by atoms with Gasteiger partial charge in [0.2, 0.25) is 0 Å². The third-order valence-corrected chi connectivity index (χ3v) is 6.04. The first-order valence-corrected chi connectivity index (χ1v) is 11.0. The molecule has 2 fully saturated rings. The van der Waals surface area contributed by atoms with Gasteiger partial charge in [0.15, 0.2) is 12.1 Å². The molecule has 158 valence electrons. The van der Waals surface area contributed by atoms with Crippen LogP contribution in [0.3, 0.4) is 0 Å². The smallest absolute Gasteiger partial charge is 0.309 e. The largest absolute Gasteiger partial charge is 0.481 e. The molecule has 1 aliphatic carbocycles. The number of unbranched alkanes of at least 4 members (excludes halogenated alkanes) is 2. The van der Waals surface area contributed by atoms with Gasteiger partial charge in [-0.2, -0.15) is 0 Å². The van der Waals surface area contributed by atoms with Crippen molar-refractivity contribution in [1.29, 1.82) is 0 Å². The number of aliphatic carboxylic acids is 1. The lowest BCUT2D eigenvalue weighted by Crippen LogP contribution is -2.33. The summed E-state index contributed by atoms with van der Waals surface area (Å²) in [6, 6.07) is 0. The molecule has 4 unspecified atom stereocenters. The summed E-state index contributed by atoms with van der Waals surface area (Å²) >= 11 is 0. The molecule has 2 heterocycles. The molecule has 2 aliphatic heterocycles. The number of hydrogen-bond acceptors (Lipinski definition) is 5. The van der Waals surface area contributed by atoms with E-state index in [9.17, 15) is 14.7 Å². The maximum absolute atomic E-state index is 12.2. The second-order valence-electron chi connectivity index (χ2n) is 8.24. The molecule has 0 amide bonds. The topological polar surface area (TPSA) is 82.1 Å². The number of hydrogen-bond donors (Lipinski definition) is 1. The van der Waals surface area contributed by atoms with E-state index in [1.807, 2.05) is 6.08 Å². The van der Waals surface area contributed by atoms with E-state index in [2.05, 4.69) is 0 Å². The first-order chi connectivity index (χ1) is 13.6. The van der Waals surface area contributed by atoms with Crippen LogP contribution in [-0.2, 0) is 23.8 Å². The summed E-state index contributed by atoms with van der Waals surface area (Å²) in [5.74, 6) is -0.966. The van der Waals surface area contributed by atoms with Gasteiger partial charge in [0, 0.05) is 19.6 Å². The van der Waals surface area contributed by atoms with Gasteiger partial charge in [-0.1, -0.05) is 12.8 Å². The van der Waals surface area contributed by atoms with E-state index in [1.165, 1.54) is 0 Å². The average Bonchev–Trinajstić information content (AvgIpc) is 3.04. The molecule has 0 aromatic rings. The Morgan fingerprint density at radius 3 is 2.57 bits per heavy atom. The van der Waals surface area contributed by atoms with Crippen molar-refractivity contribution in [2.24, 2.45) is 5.92 Å². The third-order valence-electron chi connectivity index (χ3n) is 6.04. The monoisotopic (exact) mass is 394 g/mol. The maximum Gasteiger partial charge on any atom is 0.309 e. The van der Waals surface area contributed by atoms with E-state index < -0.39 is 11.9 Å². The second-order valence-corrected chi connectivity index (χ2v) is 8.24. The van der Waals surface area contributed by atoms with E-state index in [4.69, 9.17) is 14.2 Å². The molecular formula is C22H34O6. The number of carbonyl (C=O) groups excluding carboxylic acids is 1. The summed E-state index contributed by atoms with van der Waals surface area (Å²) in [4.78, 5) is 23.8. The van der Waals surface area contributed by atoms with E-state index >= 15 is 0 Å². The molecule has 2 saturated heterocycles. The highest BCUT2D eigenvalue weighted by molar-refractivity contribution is 5.98. The Balaban J connectivity index is 1.35. The van der Waals surface area contributed by atoms with Crippen LogP contribution in [0.5, 0.6) is 0 Å². The minimum Gasteiger partial charge on any atom is -0.481 e. The van der Waals surface area contributed by atoms with Crippen molar-refractivity contribution in [3.8, 4) is 0 Å². The predicted molar refractivity (Wildman–Crippen MR) is 104 cm³/mol. The molecule has 4 atom stereocenters. The zero-order valence-corrected chi connectivity index (χ0v) is 16.8. The van der Waals surface area contributed by atoms with Gasteiger partial charge in [0.25, 0.3) is 0 Å². The van der Waals surface area contributed by atoms with Crippen molar-refractivity contribution in [2.45, 2.75) is 95.5 Å². The minimum absolute atomic E-state index is 0.134. The Hall–Kier alpha value is -1.24. The SMILES string of the molecule is O=C1CC(OC2CCCCO2)C=C1CCCCCC(C(=O)O)C1CCCCO1. The summed E-state index contributed by atoms with van der Waals surface area (Å²) in [6.45, 7) is 1.42. The van der Waals surface area contributed by atoms with Crippen LogP contribution in [0.2, 0.25) is 0 Å². The Labute approximate surface area is 167 Å². The lowest BCUT2D eigenvalue weighted by atomic mass is 9.90. The quantitative estimate of drug-likeness (QED) is 0.564. The second kappa shape index (κ2) is 11.1. The lowest BCUT2D eigenvalue weighted by Gasteiger charge is -2.27. The molecule has 6 heteroatoms. The number of carboxylic acids is 1. The third kappa shape index (κ3) is 6.39. The zero-order valence-electron chi connectivity index (χ0n) is 16.8. The highest BCUT2D eigenvalue weighted by atomic mass is 16.7. The predicted octanol–water partition coefficient (Wildman–Crippen LogP) is 4.02. The molecule has 0 bridgehead atoms. The van der Waals surface area contributed by atoms with Crippen molar-refractivity contribution in [2.75, 3.05) is 13.2 Å². The fourth-order valence-corrected chi connectivity index (χ4v) is 4.42. The Kier molecular flexibility index (Phi) is 8.49. The van der Waals surface area contributed by atoms with Crippen molar-refractivity contribution in [1.82, 2.24) is 0 Å². The lowest BCUT2D eigenvalue weighted by molar-refractivity contribution is -0.178. The van der Waals surface area contributed by atoms with Gasteiger partial charge in [-0.25, -0.2) is 0 Å². The van der Waals surface area contributed by atoms with Crippen molar-refractivity contribution >= 4 is 11.8 Å². The van der Waals surface area contributed by atoms with Gasteiger partial charge in [0.1, 0.15) is 0 Å².